The Morgan fingerprint density at radius 3 is 2.30 bits per heavy atom. The second kappa shape index (κ2) is 4.65. The summed E-state index contributed by atoms with van der Waals surface area (Å²) < 4.78 is -0.0121. The Bertz CT molecular complexity index is 147. The summed E-state index contributed by atoms with van der Waals surface area (Å²) in [4.78, 5) is 22.7. The zero-order valence-corrected chi connectivity index (χ0v) is 8.21. The van der Waals surface area contributed by atoms with Crippen LogP contribution in [-0.2, 0) is 9.59 Å². The maximum Gasteiger partial charge on any atom is 0.222 e. The Labute approximate surface area is 73.9 Å². The topological polar surface area (TPSA) is 37.4 Å². The third-order valence-corrected chi connectivity index (χ3v) is 1.43. The van der Waals surface area contributed by atoms with E-state index < -0.39 is 0 Å². The van der Waals surface area contributed by atoms with Crippen molar-refractivity contribution >= 4 is 32.3 Å². The highest BCUT2D eigenvalue weighted by Gasteiger charge is 2.07. The molecule has 0 aliphatic heterocycles. The number of nitrogens with zero attached hydrogens (tertiary/aromatic N) is 1. The normalized spacial score (nSPS) is 9.10. The van der Waals surface area contributed by atoms with Crippen molar-refractivity contribution in [3.63, 3.8) is 0 Å². The van der Waals surface area contributed by atoms with Gasteiger partial charge < -0.3 is 4.90 Å². The lowest BCUT2D eigenvalue weighted by Crippen LogP contribution is -2.29. The van der Waals surface area contributed by atoms with Crippen molar-refractivity contribution < 1.29 is 9.59 Å². The van der Waals surface area contributed by atoms with Gasteiger partial charge in [0.2, 0.25) is 9.70 Å². The molecular formula is C6H10INO2. The maximum atomic E-state index is 10.8. The number of carbonyl (C=O) groups excluding carboxylic acids is 2. The summed E-state index contributed by atoms with van der Waals surface area (Å²) in [5.74, 6) is 0.00464. The van der Waals surface area contributed by atoms with Crippen molar-refractivity contribution in [1.29, 1.82) is 0 Å². The van der Waals surface area contributed by atoms with E-state index in [9.17, 15) is 9.59 Å². The molecule has 1 amide bonds. The van der Waals surface area contributed by atoms with E-state index in [1.54, 1.807) is 36.6 Å². The molecular weight excluding hydrogens is 245 g/mol. The largest absolute Gasteiger partial charge is 0.338 e. The molecule has 0 aliphatic rings. The van der Waals surface area contributed by atoms with E-state index in [1.807, 2.05) is 0 Å². The van der Waals surface area contributed by atoms with Crippen molar-refractivity contribution in [3.05, 3.63) is 0 Å². The Morgan fingerprint density at radius 2 is 2.00 bits per heavy atom. The van der Waals surface area contributed by atoms with Crippen LogP contribution in [0.15, 0.2) is 0 Å². The molecule has 0 unspecified atom stereocenters. The Hall–Kier alpha value is -0.130. The number of hydrogen-bond acceptors (Lipinski definition) is 2. The van der Waals surface area contributed by atoms with E-state index in [0.29, 0.717) is 6.42 Å². The summed E-state index contributed by atoms with van der Waals surface area (Å²) >= 11 is 1.67. The standard InChI is InChI=1S/C6H10INO2/c1-3-6(10)8(2)4-5(7)9/h3-4H2,1-2H3. The molecule has 0 aromatic carbocycles. The lowest BCUT2D eigenvalue weighted by atomic mass is 10.4. The molecule has 0 bridgehead atoms. The van der Waals surface area contributed by atoms with Crippen molar-refractivity contribution in [1.82, 2.24) is 4.90 Å². The number of halogens is 1. The van der Waals surface area contributed by atoms with Gasteiger partial charge in [0.1, 0.15) is 0 Å². The van der Waals surface area contributed by atoms with Gasteiger partial charge in [0.25, 0.3) is 0 Å². The van der Waals surface area contributed by atoms with Crippen molar-refractivity contribution in [3.8, 4) is 0 Å². The molecule has 0 spiro atoms. The van der Waals surface area contributed by atoms with Crippen LogP contribution in [0.5, 0.6) is 0 Å². The Balaban J connectivity index is 3.72. The van der Waals surface area contributed by atoms with Gasteiger partial charge in [0.15, 0.2) is 0 Å². The average molecular weight is 255 g/mol. The lowest BCUT2D eigenvalue weighted by molar-refractivity contribution is -0.131. The monoisotopic (exact) mass is 255 g/mol. The smallest absolute Gasteiger partial charge is 0.222 e. The van der Waals surface area contributed by atoms with Crippen molar-refractivity contribution in [2.75, 3.05) is 13.6 Å². The molecule has 0 rings (SSSR count). The number of carbonyl (C=O) groups is 2. The van der Waals surface area contributed by atoms with Crippen LogP contribution in [0, 0.1) is 0 Å². The molecule has 0 fully saturated rings. The van der Waals surface area contributed by atoms with E-state index in [2.05, 4.69) is 0 Å². The Morgan fingerprint density at radius 1 is 1.50 bits per heavy atom. The minimum absolute atomic E-state index is 0.00464. The predicted molar refractivity (Wildman–Crippen MR) is 47.0 cm³/mol. The molecule has 0 heterocycles. The van der Waals surface area contributed by atoms with Gasteiger partial charge in [-0.1, -0.05) is 6.92 Å². The van der Waals surface area contributed by atoms with Gasteiger partial charge in [0, 0.05) is 36.1 Å². The molecule has 0 saturated heterocycles. The maximum absolute atomic E-state index is 10.8. The zero-order chi connectivity index (χ0) is 8.15. The van der Waals surface area contributed by atoms with Crippen LogP contribution in [0.3, 0.4) is 0 Å². The molecule has 58 valence electrons. The van der Waals surface area contributed by atoms with Crippen molar-refractivity contribution in [2.45, 2.75) is 13.3 Å². The minimum Gasteiger partial charge on any atom is -0.338 e. The van der Waals surface area contributed by atoms with Gasteiger partial charge in [-0.3, -0.25) is 9.59 Å². The number of hydrogen-bond donors (Lipinski definition) is 0. The summed E-state index contributed by atoms with van der Waals surface area (Å²) in [7, 11) is 1.63. The summed E-state index contributed by atoms with van der Waals surface area (Å²) in [5.41, 5.74) is 0. The first-order valence-corrected chi connectivity index (χ1v) is 4.08. The highest BCUT2D eigenvalue weighted by atomic mass is 127. The molecule has 0 N–H and O–H groups in total. The van der Waals surface area contributed by atoms with Crippen LogP contribution in [0.1, 0.15) is 13.3 Å². The molecule has 0 saturated carbocycles. The summed E-state index contributed by atoms with van der Waals surface area (Å²) in [5, 5.41) is 0. The third kappa shape index (κ3) is 3.81. The summed E-state index contributed by atoms with van der Waals surface area (Å²) in [6, 6.07) is 0. The van der Waals surface area contributed by atoms with E-state index >= 15 is 0 Å². The van der Waals surface area contributed by atoms with Gasteiger partial charge in [-0.25, -0.2) is 0 Å². The van der Waals surface area contributed by atoms with Crippen LogP contribution in [0.2, 0.25) is 0 Å². The zero-order valence-electron chi connectivity index (χ0n) is 6.06. The Kier molecular flexibility index (Phi) is 4.59. The average Bonchev–Trinajstić information content (AvgIpc) is 1.85. The highest BCUT2D eigenvalue weighted by molar-refractivity contribution is 14.1. The molecule has 0 atom stereocenters. The van der Waals surface area contributed by atoms with Crippen molar-refractivity contribution in [2.24, 2.45) is 0 Å². The molecule has 0 aromatic rings. The third-order valence-electron chi connectivity index (χ3n) is 1.09. The first kappa shape index (κ1) is 9.87. The van der Waals surface area contributed by atoms with Gasteiger partial charge >= 0.3 is 0 Å². The van der Waals surface area contributed by atoms with Gasteiger partial charge in [-0.15, -0.1) is 0 Å². The highest BCUT2D eigenvalue weighted by Crippen LogP contribution is 1.93. The van der Waals surface area contributed by atoms with Gasteiger partial charge in [-0.05, 0) is 0 Å². The molecule has 3 nitrogen and oxygen atoms in total. The SMILES string of the molecule is CCC(=O)N(C)CC(=O)I. The quantitative estimate of drug-likeness (QED) is 0.553. The summed E-state index contributed by atoms with van der Waals surface area (Å²) in [6.07, 6.45) is 0.459. The van der Waals surface area contributed by atoms with Crippen LogP contribution >= 0.6 is 22.6 Å². The van der Waals surface area contributed by atoms with Gasteiger partial charge in [0.05, 0.1) is 6.54 Å². The fourth-order valence-corrected chi connectivity index (χ4v) is 1.06. The first-order chi connectivity index (χ1) is 4.57. The summed E-state index contributed by atoms with van der Waals surface area (Å²) in [6.45, 7) is 1.99. The second-order valence-electron chi connectivity index (χ2n) is 1.96. The fraction of sp³-hybridized carbons (Fsp3) is 0.667. The minimum atomic E-state index is -0.0121. The predicted octanol–water partition coefficient (Wildman–Crippen LogP) is 0.816. The number of rotatable bonds is 3. The fourth-order valence-electron chi connectivity index (χ4n) is 0.545. The molecule has 0 aliphatic carbocycles. The van der Waals surface area contributed by atoms with E-state index in [-0.39, 0.29) is 16.2 Å². The molecule has 0 aromatic heterocycles. The lowest BCUT2D eigenvalue weighted by Gasteiger charge is -2.12. The van der Waals surface area contributed by atoms with E-state index in [1.165, 1.54) is 4.90 Å². The molecule has 4 heteroatoms. The van der Waals surface area contributed by atoms with E-state index in [4.69, 9.17) is 0 Å². The van der Waals surface area contributed by atoms with Crippen LogP contribution in [0.25, 0.3) is 0 Å². The van der Waals surface area contributed by atoms with Crippen LogP contribution in [0.4, 0.5) is 0 Å². The number of amides is 1. The first-order valence-electron chi connectivity index (χ1n) is 3.00. The van der Waals surface area contributed by atoms with Gasteiger partial charge in [-0.2, -0.15) is 0 Å². The number of likely N-dealkylation sites (N-methyl/N-ethyl adjacent to an activating group) is 1. The molecule has 0 radical (unpaired) electrons. The van der Waals surface area contributed by atoms with Crippen LogP contribution < -0.4 is 0 Å². The van der Waals surface area contributed by atoms with E-state index in [0.717, 1.165) is 0 Å². The molecule has 10 heavy (non-hydrogen) atoms. The second-order valence-corrected chi connectivity index (χ2v) is 3.16. The van der Waals surface area contributed by atoms with Crippen LogP contribution in [-0.4, -0.2) is 28.2 Å².